The molecular weight excluding hydrogens is 408 g/mol. The first kappa shape index (κ1) is 19.4. The summed E-state index contributed by atoms with van der Waals surface area (Å²) in [6.07, 6.45) is 1.36. The number of rotatable bonds is 5. The minimum Gasteiger partial charge on any atom is -0.403 e. The van der Waals surface area contributed by atoms with Crippen LogP contribution in [0.4, 0.5) is 23.2 Å². The molecule has 1 aromatic carbocycles. The van der Waals surface area contributed by atoms with Gasteiger partial charge >= 0.3 is 6.36 Å². The lowest BCUT2D eigenvalue weighted by molar-refractivity contribution is -0.275. The molecule has 0 atom stereocenters. The van der Waals surface area contributed by atoms with Crippen molar-refractivity contribution < 1.29 is 27.1 Å². The Morgan fingerprint density at radius 2 is 1.97 bits per heavy atom. The molecule has 4 aromatic rings. The van der Waals surface area contributed by atoms with Crippen LogP contribution in [0.1, 0.15) is 0 Å². The zero-order chi connectivity index (χ0) is 21.3. The molecule has 0 aliphatic rings. The van der Waals surface area contributed by atoms with Crippen LogP contribution in [0.25, 0.3) is 16.8 Å². The first-order chi connectivity index (χ1) is 14.3. The summed E-state index contributed by atoms with van der Waals surface area (Å²) in [7, 11) is 0. The van der Waals surface area contributed by atoms with E-state index in [9.17, 15) is 22.4 Å². The highest BCUT2D eigenvalue weighted by Crippen LogP contribution is 2.27. The highest BCUT2D eigenvalue weighted by molar-refractivity contribution is 5.90. The summed E-state index contributed by atoms with van der Waals surface area (Å²) >= 11 is 0. The van der Waals surface area contributed by atoms with Crippen molar-refractivity contribution in [3.05, 3.63) is 61.1 Å². The van der Waals surface area contributed by atoms with Crippen LogP contribution in [0.15, 0.2) is 55.2 Å². The predicted molar refractivity (Wildman–Crippen MR) is 95.9 cm³/mol. The second kappa shape index (κ2) is 7.46. The number of benzene rings is 1. The number of fused-ring (bicyclic) bond motifs is 1. The molecule has 0 radical (unpaired) electrons. The topological polar surface area (TPSA) is 86.3 Å². The normalized spacial score (nSPS) is 11.6. The van der Waals surface area contributed by atoms with Gasteiger partial charge in [0.25, 0.3) is 0 Å². The van der Waals surface area contributed by atoms with Gasteiger partial charge in [0.2, 0.25) is 5.91 Å². The molecule has 0 unspecified atom stereocenters. The number of halogens is 4. The average Bonchev–Trinajstić information content (AvgIpc) is 3.31. The molecule has 0 fully saturated rings. The summed E-state index contributed by atoms with van der Waals surface area (Å²) in [5, 5.41) is 10.5. The Labute approximate surface area is 165 Å². The number of anilines is 1. The Balaban J connectivity index is 1.41. The van der Waals surface area contributed by atoms with E-state index < -0.39 is 23.8 Å². The molecule has 3 heterocycles. The van der Waals surface area contributed by atoms with Crippen LogP contribution in [0.5, 0.6) is 5.75 Å². The van der Waals surface area contributed by atoms with Gasteiger partial charge in [0.1, 0.15) is 12.9 Å². The molecular formula is C18H12F4N6O2. The lowest BCUT2D eigenvalue weighted by atomic mass is 10.1. The van der Waals surface area contributed by atoms with Crippen molar-refractivity contribution in [3.8, 4) is 16.9 Å². The maximum atomic E-state index is 13.7. The molecule has 30 heavy (non-hydrogen) atoms. The molecule has 8 nitrogen and oxygen atoms in total. The second-order valence-electron chi connectivity index (χ2n) is 6.15. The number of nitrogens with one attached hydrogen (secondary N) is 1. The van der Waals surface area contributed by atoms with Crippen molar-refractivity contribution in [3.63, 3.8) is 0 Å². The molecule has 0 spiro atoms. The lowest BCUT2D eigenvalue weighted by Crippen LogP contribution is -2.20. The van der Waals surface area contributed by atoms with Gasteiger partial charge in [0, 0.05) is 29.7 Å². The van der Waals surface area contributed by atoms with E-state index in [2.05, 4.69) is 25.2 Å². The zero-order valence-electron chi connectivity index (χ0n) is 15.0. The number of pyridine rings is 1. The van der Waals surface area contributed by atoms with Gasteiger partial charge in [-0.2, -0.15) is 10.2 Å². The summed E-state index contributed by atoms with van der Waals surface area (Å²) in [6.45, 7) is -0.185. The Kier molecular flexibility index (Phi) is 4.82. The molecule has 1 amide bonds. The number of hydrogen-bond donors (Lipinski definition) is 1. The van der Waals surface area contributed by atoms with Crippen LogP contribution in [0, 0.1) is 5.82 Å². The van der Waals surface area contributed by atoms with Gasteiger partial charge in [-0.15, -0.1) is 13.2 Å². The molecule has 0 saturated carbocycles. The van der Waals surface area contributed by atoms with Gasteiger partial charge in [-0.05, 0) is 29.8 Å². The smallest absolute Gasteiger partial charge is 0.403 e. The van der Waals surface area contributed by atoms with Crippen LogP contribution in [-0.2, 0) is 11.3 Å². The quantitative estimate of drug-likeness (QED) is 0.501. The van der Waals surface area contributed by atoms with Crippen molar-refractivity contribution in [2.24, 2.45) is 0 Å². The van der Waals surface area contributed by atoms with Crippen LogP contribution >= 0.6 is 0 Å². The number of ether oxygens (including phenoxy) is 1. The first-order valence-electron chi connectivity index (χ1n) is 8.44. The van der Waals surface area contributed by atoms with Gasteiger partial charge < -0.3 is 10.1 Å². The van der Waals surface area contributed by atoms with Crippen LogP contribution < -0.4 is 10.1 Å². The fourth-order valence-electron chi connectivity index (χ4n) is 2.73. The lowest BCUT2D eigenvalue weighted by Gasteiger charge is -2.11. The number of nitrogens with zero attached hydrogens (tertiary/aromatic N) is 5. The van der Waals surface area contributed by atoms with Gasteiger partial charge in [-0.3, -0.25) is 9.48 Å². The molecule has 0 aliphatic heterocycles. The fraction of sp³-hybridized carbons (Fsp3) is 0.111. The molecule has 3 aromatic heterocycles. The Morgan fingerprint density at radius 1 is 1.13 bits per heavy atom. The summed E-state index contributed by atoms with van der Waals surface area (Å²) < 4.78 is 56.8. The number of carbonyl (C=O) groups is 1. The van der Waals surface area contributed by atoms with E-state index in [-0.39, 0.29) is 12.2 Å². The third-order valence-corrected chi connectivity index (χ3v) is 3.99. The minimum atomic E-state index is -5.01. The molecule has 1 N–H and O–H groups in total. The average molecular weight is 420 g/mol. The molecule has 12 heteroatoms. The maximum Gasteiger partial charge on any atom is 0.573 e. The van der Waals surface area contributed by atoms with Crippen molar-refractivity contribution in [1.29, 1.82) is 0 Å². The van der Waals surface area contributed by atoms with E-state index in [4.69, 9.17) is 0 Å². The third kappa shape index (κ3) is 4.37. The van der Waals surface area contributed by atoms with Crippen LogP contribution in [0.2, 0.25) is 0 Å². The van der Waals surface area contributed by atoms with Crippen molar-refractivity contribution in [2.75, 3.05) is 5.32 Å². The molecule has 0 bridgehead atoms. The third-order valence-electron chi connectivity index (χ3n) is 3.99. The SMILES string of the molecule is O=C(Cn1cc(-c2ccn3ncnc3c2)cn1)Nc1ccc(OC(F)(F)F)c(F)c1. The molecule has 4 rings (SSSR count). The number of carbonyl (C=O) groups excluding carboxylic acids is 1. The Hall–Kier alpha value is -3.96. The highest BCUT2D eigenvalue weighted by atomic mass is 19.4. The van der Waals surface area contributed by atoms with E-state index in [1.54, 1.807) is 23.1 Å². The van der Waals surface area contributed by atoms with Crippen LogP contribution in [0.3, 0.4) is 0 Å². The highest BCUT2D eigenvalue weighted by Gasteiger charge is 2.32. The monoisotopic (exact) mass is 420 g/mol. The molecule has 0 saturated heterocycles. The Bertz CT molecular complexity index is 1220. The minimum absolute atomic E-state index is 0.0170. The van der Waals surface area contributed by atoms with Gasteiger partial charge in [-0.1, -0.05) is 0 Å². The van der Waals surface area contributed by atoms with Crippen molar-refractivity contribution >= 4 is 17.2 Å². The Morgan fingerprint density at radius 3 is 2.73 bits per heavy atom. The summed E-state index contributed by atoms with van der Waals surface area (Å²) in [5.41, 5.74) is 2.20. The van der Waals surface area contributed by atoms with Crippen molar-refractivity contribution in [1.82, 2.24) is 24.4 Å². The van der Waals surface area contributed by atoms with E-state index in [1.165, 1.54) is 11.0 Å². The maximum absolute atomic E-state index is 13.7. The summed E-state index contributed by atoms with van der Waals surface area (Å²) in [6, 6.07) is 6.24. The van der Waals surface area contributed by atoms with E-state index >= 15 is 0 Å². The van der Waals surface area contributed by atoms with Gasteiger partial charge in [0.15, 0.2) is 17.2 Å². The molecule has 0 aliphatic carbocycles. The van der Waals surface area contributed by atoms with E-state index in [0.717, 1.165) is 29.3 Å². The predicted octanol–water partition coefficient (Wildman–Crippen LogP) is 3.27. The number of hydrogen-bond acceptors (Lipinski definition) is 5. The van der Waals surface area contributed by atoms with E-state index in [1.807, 2.05) is 12.1 Å². The fourth-order valence-corrected chi connectivity index (χ4v) is 2.73. The zero-order valence-corrected chi connectivity index (χ0v) is 15.0. The largest absolute Gasteiger partial charge is 0.573 e. The first-order valence-corrected chi connectivity index (χ1v) is 8.44. The summed E-state index contributed by atoms with van der Waals surface area (Å²) in [5.74, 6) is -2.78. The van der Waals surface area contributed by atoms with Gasteiger partial charge in [0.05, 0.1) is 6.20 Å². The number of amides is 1. The van der Waals surface area contributed by atoms with Gasteiger partial charge in [-0.25, -0.2) is 13.9 Å². The summed E-state index contributed by atoms with van der Waals surface area (Å²) in [4.78, 5) is 16.3. The standard InChI is InChI=1S/C18H12F4N6O2/c19-14-6-13(1-2-15(14)30-18(20,21)22)26-17(29)9-27-8-12(7-24-27)11-3-4-28-16(5-11)23-10-25-28/h1-8,10H,9H2,(H,26,29). The number of alkyl halides is 3. The van der Waals surface area contributed by atoms with Crippen molar-refractivity contribution in [2.45, 2.75) is 12.9 Å². The molecule has 154 valence electrons. The van der Waals surface area contributed by atoms with E-state index in [0.29, 0.717) is 5.65 Å². The number of aromatic nitrogens is 5. The second-order valence-corrected chi connectivity index (χ2v) is 6.15. The van der Waals surface area contributed by atoms with Crippen LogP contribution in [-0.4, -0.2) is 36.6 Å².